The van der Waals surface area contributed by atoms with E-state index >= 15 is 0 Å². The lowest BCUT2D eigenvalue weighted by molar-refractivity contribution is 0.0525. The molecule has 0 saturated heterocycles. The van der Waals surface area contributed by atoms with Crippen molar-refractivity contribution >= 4 is 23.3 Å². The Hall–Kier alpha value is -1.63. The Kier molecular flexibility index (Phi) is 3.03. The molecule has 6 nitrogen and oxygen atoms in total. The molecule has 1 aromatic rings. The number of rotatable bonds is 2. The van der Waals surface area contributed by atoms with Crippen molar-refractivity contribution in [3.8, 4) is 0 Å². The topological polar surface area (TPSA) is 90.1 Å². The third-order valence-electron chi connectivity index (χ3n) is 1.49. The first-order valence-corrected chi connectivity index (χ1v) is 4.26. The molecule has 0 spiro atoms. The predicted molar refractivity (Wildman–Crippen MR) is 53.2 cm³/mol. The molecular weight excluding hydrogens is 206 g/mol. The lowest BCUT2D eigenvalue weighted by Gasteiger charge is -1.96. The van der Waals surface area contributed by atoms with E-state index < -0.39 is 11.5 Å². The smallest absolute Gasteiger partial charge is 0.345 e. The summed E-state index contributed by atoms with van der Waals surface area (Å²) in [5.74, 6) is -0.691. The van der Waals surface area contributed by atoms with Crippen LogP contribution < -0.4 is 11.3 Å². The van der Waals surface area contributed by atoms with E-state index in [-0.39, 0.29) is 17.3 Å². The highest BCUT2D eigenvalue weighted by atomic mass is 32.1. The van der Waals surface area contributed by atoms with Crippen molar-refractivity contribution in [2.24, 2.45) is 5.73 Å². The van der Waals surface area contributed by atoms with E-state index in [1.54, 1.807) is 6.92 Å². The molecule has 0 radical (unpaired) electrons. The van der Waals surface area contributed by atoms with Crippen LogP contribution >= 0.6 is 12.2 Å². The highest BCUT2D eigenvalue weighted by Gasteiger charge is 2.15. The first kappa shape index (κ1) is 10.5. The number of aromatic nitrogens is 2. The highest BCUT2D eigenvalue weighted by Crippen LogP contribution is 1.93. The molecule has 0 aromatic carbocycles. The summed E-state index contributed by atoms with van der Waals surface area (Å²) in [6, 6.07) is 0. The van der Waals surface area contributed by atoms with E-state index in [1.165, 1.54) is 6.20 Å². The first-order valence-electron chi connectivity index (χ1n) is 3.85. The molecule has 76 valence electrons. The van der Waals surface area contributed by atoms with Gasteiger partial charge in [-0.05, 0) is 19.1 Å². The van der Waals surface area contributed by atoms with Gasteiger partial charge in [0.2, 0.25) is 0 Å². The zero-order valence-electron chi connectivity index (χ0n) is 7.44. The third-order valence-corrected chi connectivity index (χ3v) is 1.67. The van der Waals surface area contributed by atoms with Gasteiger partial charge in [0.1, 0.15) is 5.56 Å². The fourth-order valence-electron chi connectivity index (χ4n) is 0.889. The lowest BCUT2D eigenvalue weighted by Crippen LogP contribution is -2.32. The minimum atomic E-state index is -0.691. The van der Waals surface area contributed by atoms with Gasteiger partial charge in [-0.2, -0.15) is 4.68 Å². The molecule has 0 bridgehead atoms. The number of nitrogens with two attached hydrogens (primary N) is 1. The third kappa shape index (κ3) is 1.82. The fourth-order valence-corrected chi connectivity index (χ4v) is 1.02. The molecule has 1 aromatic heterocycles. The molecule has 0 aliphatic rings. The van der Waals surface area contributed by atoms with Crippen LogP contribution in [-0.2, 0) is 4.74 Å². The lowest BCUT2D eigenvalue weighted by atomic mass is 10.4. The Morgan fingerprint density at radius 3 is 2.86 bits per heavy atom. The number of H-pyrrole nitrogens is 1. The van der Waals surface area contributed by atoms with Gasteiger partial charge in [0.25, 0.3) is 5.56 Å². The van der Waals surface area contributed by atoms with Gasteiger partial charge < -0.3 is 10.5 Å². The molecule has 0 unspecified atom stereocenters. The molecule has 0 atom stereocenters. The summed E-state index contributed by atoms with van der Waals surface area (Å²) < 4.78 is 5.54. The zero-order chi connectivity index (χ0) is 10.7. The highest BCUT2D eigenvalue weighted by molar-refractivity contribution is 7.80. The summed E-state index contributed by atoms with van der Waals surface area (Å²) in [6.45, 7) is 1.85. The standard InChI is InChI=1S/C7H9N3O3S/c1-2-13-6(12)4-3-9-10(5(4)11)7(8)14/h3,9H,2H2,1H3,(H2,8,14). The van der Waals surface area contributed by atoms with Crippen molar-refractivity contribution in [1.82, 2.24) is 9.78 Å². The second-order valence-corrected chi connectivity index (χ2v) is 2.80. The van der Waals surface area contributed by atoms with Crippen LogP contribution in [0.25, 0.3) is 0 Å². The fraction of sp³-hybridized carbons (Fsp3) is 0.286. The molecule has 0 fully saturated rings. The van der Waals surface area contributed by atoms with Crippen molar-refractivity contribution in [2.45, 2.75) is 6.92 Å². The molecule has 1 rings (SSSR count). The molecule has 3 N–H and O–H groups in total. The monoisotopic (exact) mass is 215 g/mol. The molecule has 0 aliphatic carbocycles. The first-order chi connectivity index (χ1) is 6.57. The van der Waals surface area contributed by atoms with Crippen LogP contribution in [0, 0.1) is 0 Å². The van der Waals surface area contributed by atoms with Crippen LogP contribution in [0.15, 0.2) is 11.0 Å². The summed E-state index contributed by atoms with van der Waals surface area (Å²) in [6.07, 6.45) is 1.21. The van der Waals surface area contributed by atoms with Crippen molar-refractivity contribution in [3.63, 3.8) is 0 Å². The number of thiocarbonyl (C=S) groups is 1. The van der Waals surface area contributed by atoms with Gasteiger partial charge in [-0.3, -0.25) is 9.89 Å². The Morgan fingerprint density at radius 1 is 1.79 bits per heavy atom. The van der Waals surface area contributed by atoms with Crippen molar-refractivity contribution in [2.75, 3.05) is 6.61 Å². The Morgan fingerprint density at radius 2 is 2.43 bits per heavy atom. The molecule has 0 amide bonds. The van der Waals surface area contributed by atoms with E-state index in [2.05, 4.69) is 22.1 Å². The minimum absolute atomic E-state index is 0.111. The number of nitrogens with one attached hydrogen (secondary N) is 1. The maximum Gasteiger partial charge on any atom is 0.345 e. The predicted octanol–water partition coefficient (Wildman–Crippen LogP) is -0.555. The quantitative estimate of drug-likeness (QED) is 0.510. The maximum atomic E-state index is 11.4. The number of esters is 1. The van der Waals surface area contributed by atoms with Gasteiger partial charge >= 0.3 is 5.97 Å². The van der Waals surface area contributed by atoms with Crippen molar-refractivity contribution in [1.29, 1.82) is 0 Å². The summed E-state index contributed by atoms with van der Waals surface area (Å²) in [5, 5.41) is 2.30. The van der Waals surface area contributed by atoms with Gasteiger partial charge in [0, 0.05) is 6.20 Å². The maximum absolute atomic E-state index is 11.4. The molecule has 7 heteroatoms. The van der Waals surface area contributed by atoms with E-state index in [0.29, 0.717) is 0 Å². The summed E-state index contributed by atoms with van der Waals surface area (Å²) in [4.78, 5) is 22.6. The summed E-state index contributed by atoms with van der Waals surface area (Å²) in [5.41, 5.74) is 4.50. The van der Waals surface area contributed by atoms with Gasteiger partial charge in [0.15, 0.2) is 5.11 Å². The number of aromatic amines is 1. The molecule has 14 heavy (non-hydrogen) atoms. The van der Waals surface area contributed by atoms with Gasteiger partial charge in [-0.1, -0.05) is 0 Å². The van der Waals surface area contributed by atoms with Crippen molar-refractivity contribution < 1.29 is 9.53 Å². The largest absolute Gasteiger partial charge is 0.462 e. The molecule has 0 saturated carbocycles. The van der Waals surface area contributed by atoms with Gasteiger partial charge in [-0.25, -0.2) is 4.79 Å². The van der Waals surface area contributed by atoms with E-state index in [9.17, 15) is 9.59 Å². The zero-order valence-corrected chi connectivity index (χ0v) is 8.26. The number of ether oxygens (including phenoxy) is 1. The Labute approximate surface area is 84.6 Å². The number of hydrogen-bond donors (Lipinski definition) is 2. The number of nitrogens with zero attached hydrogens (tertiary/aromatic N) is 1. The van der Waals surface area contributed by atoms with Crippen molar-refractivity contribution in [3.05, 3.63) is 22.1 Å². The van der Waals surface area contributed by atoms with E-state index in [1.807, 2.05) is 0 Å². The van der Waals surface area contributed by atoms with Gasteiger partial charge in [-0.15, -0.1) is 0 Å². The number of carbonyl (C=O) groups is 1. The summed E-state index contributed by atoms with van der Waals surface area (Å²) >= 11 is 4.57. The summed E-state index contributed by atoms with van der Waals surface area (Å²) in [7, 11) is 0. The average molecular weight is 215 g/mol. The van der Waals surface area contributed by atoms with Crippen LogP contribution in [0.3, 0.4) is 0 Å². The minimum Gasteiger partial charge on any atom is -0.462 e. The van der Waals surface area contributed by atoms with Crippen LogP contribution in [0.2, 0.25) is 0 Å². The molecule has 1 heterocycles. The molecular formula is C7H9N3O3S. The van der Waals surface area contributed by atoms with Crippen LogP contribution in [0.4, 0.5) is 0 Å². The second-order valence-electron chi connectivity index (χ2n) is 2.39. The van der Waals surface area contributed by atoms with Crippen LogP contribution in [0.1, 0.15) is 17.3 Å². The van der Waals surface area contributed by atoms with Crippen LogP contribution in [-0.4, -0.2) is 27.5 Å². The Balaban J connectivity index is 3.07. The number of hydrogen-bond acceptors (Lipinski definition) is 4. The van der Waals surface area contributed by atoms with Gasteiger partial charge in [0.05, 0.1) is 6.61 Å². The van der Waals surface area contributed by atoms with E-state index in [0.717, 1.165) is 4.68 Å². The Bertz CT molecular complexity index is 420. The SMILES string of the molecule is CCOC(=O)c1c[nH]n(C(N)=S)c1=O. The van der Waals surface area contributed by atoms with E-state index in [4.69, 9.17) is 5.73 Å². The number of carbonyl (C=O) groups excluding carboxylic acids is 1. The molecule has 0 aliphatic heterocycles. The normalized spacial score (nSPS) is 9.79. The second kappa shape index (κ2) is 4.05. The average Bonchev–Trinajstić information content (AvgIpc) is 2.47. The van der Waals surface area contributed by atoms with Crippen LogP contribution in [0.5, 0.6) is 0 Å².